The first-order valence-electron chi connectivity index (χ1n) is 10.1. The van der Waals surface area contributed by atoms with Crippen molar-refractivity contribution in [2.45, 2.75) is 31.4 Å². The molecular weight excluding hydrogens is 416 g/mol. The number of nitrogens with zero attached hydrogens (tertiary/aromatic N) is 2. The molecule has 2 aromatic rings. The third-order valence-corrected chi connectivity index (χ3v) is 6.23. The number of hydrogen-bond donors (Lipinski definition) is 2. The SMILES string of the molecule is CCNC(=NCc1ccc(S(=O)(=O)N(C)C)cc1)NCC(C)Oc1cccc(OC)c1. The van der Waals surface area contributed by atoms with Gasteiger partial charge in [-0.1, -0.05) is 18.2 Å². The average molecular weight is 449 g/mol. The highest BCUT2D eigenvalue weighted by Crippen LogP contribution is 2.19. The predicted octanol–water partition coefficient (Wildman–Crippen LogP) is 2.47. The maximum atomic E-state index is 12.2. The van der Waals surface area contributed by atoms with Gasteiger partial charge in [0.05, 0.1) is 25.1 Å². The highest BCUT2D eigenvalue weighted by molar-refractivity contribution is 7.89. The van der Waals surface area contributed by atoms with Crippen molar-refractivity contribution >= 4 is 16.0 Å². The number of benzene rings is 2. The molecule has 0 bridgehead atoms. The van der Waals surface area contributed by atoms with Crippen LogP contribution in [0.4, 0.5) is 0 Å². The summed E-state index contributed by atoms with van der Waals surface area (Å²) in [6.45, 7) is 5.66. The zero-order chi connectivity index (χ0) is 22.9. The van der Waals surface area contributed by atoms with Crippen LogP contribution in [0.3, 0.4) is 0 Å². The summed E-state index contributed by atoms with van der Waals surface area (Å²) >= 11 is 0. The van der Waals surface area contributed by atoms with Gasteiger partial charge in [0.25, 0.3) is 0 Å². The van der Waals surface area contributed by atoms with E-state index in [0.29, 0.717) is 19.0 Å². The van der Waals surface area contributed by atoms with Gasteiger partial charge in [-0.2, -0.15) is 0 Å². The zero-order valence-corrected chi connectivity index (χ0v) is 19.6. The number of aliphatic imine (C=N–C) groups is 1. The van der Waals surface area contributed by atoms with Gasteiger partial charge >= 0.3 is 0 Å². The Hall–Kier alpha value is -2.78. The second kappa shape index (κ2) is 11.6. The van der Waals surface area contributed by atoms with Crippen LogP contribution in [-0.2, 0) is 16.6 Å². The van der Waals surface area contributed by atoms with Crippen LogP contribution in [0.15, 0.2) is 58.4 Å². The fourth-order valence-corrected chi connectivity index (χ4v) is 3.58. The van der Waals surface area contributed by atoms with E-state index in [4.69, 9.17) is 9.47 Å². The number of sulfonamides is 1. The molecule has 1 unspecified atom stereocenters. The topological polar surface area (TPSA) is 92.3 Å². The van der Waals surface area contributed by atoms with Gasteiger partial charge < -0.3 is 20.1 Å². The van der Waals surface area contributed by atoms with Crippen molar-refractivity contribution in [2.75, 3.05) is 34.3 Å². The molecule has 8 nitrogen and oxygen atoms in total. The van der Waals surface area contributed by atoms with Gasteiger partial charge in [0.2, 0.25) is 10.0 Å². The molecule has 0 heterocycles. The molecule has 170 valence electrons. The molecule has 0 aliphatic heterocycles. The molecule has 31 heavy (non-hydrogen) atoms. The molecule has 0 amide bonds. The van der Waals surface area contributed by atoms with Crippen molar-refractivity contribution in [3.63, 3.8) is 0 Å². The number of ether oxygens (including phenoxy) is 2. The number of guanidine groups is 1. The molecule has 0 aliphatic carbocycles. The summed E-state index contributed by atoms with van der Waals surface area (Å²) < 4.78 is 36.7. The van der Waals surface area contributed by atoms with Crippen molar-refractivity contribution in [3.05, 3.63) is 54.1 Å². The number of rotatable bonds is 10. The lowest BCUT2D eigenvalue weighted by molar-refractivity contribution is 0.223. The van der Waals surface area contributed by atoms with Crippen LogP contribution in [0.1, 0.15) is 19.4 Å². The fraction of sp³-hybridized carbons (Fsp3) is 0.409. The lowest BCUT2D eigenvalue weighted by atomic mass is 10.2. The Morgan fingerprint density at radius 3 is 2.39 bits per heavy atom. The first-order chi connectivity index (χ1) is 14.8. The van der Waals surface area contributed by atoms with Gasteiger partial charge in [-0.25, -0.2) is 17.7 Å². The summed E-state index contributed by atoms with van der Waals surface area (Å²) in [6, 6.07) is 14.2. The molecule has 1 atom stereocenters. The second-order valence-electron chi connectivity index (χ2n) is 7.11. The van der Waals surface area contributed by atoms with Crippen LogP contribution in [-0.4, -0.2) is 59.1 Å². The largest absolute Gasteiger partial charge is 0.497 e. The van der Waals surface area contributed by atoms with E-state index in [9.17, 15) is 8.42 Å². The first kappa shape index (κ1) is 24.5. The summed E-state index contributed by atoms with van der Waals surface area (Å²) in [5.41, 5.74) is 0.913. The van der Waals surface area contributed by atoms with Crippen LogP contribution in [0.5, 0.6) is 11.5 Å². The second-order valence-corrected chi connectivity index (χ2v) is 9.27. The quantitative estimate of drug-likeness (QED) is 0.429. The molecule has 0 spiro atoms. The van der Waals surface area contributed by atoms with Crippen molar-refractivity contribution in [1.29, 1.82) is 0 Å². The maximum Gasteiger partial charge on any atom is 0.242 e. The Labute approximate surface area is 185 Å². The van der Waals surface area contributed by atoms with Crippen LogP contribution in [0.25, 0.3) is 0 Å². The van der Waals surface area contributed by atoms with Crippen molar-refractivity contribution < 1.29 is 17.9 Å². The van der Waals surface area contributed by atoms with Crippen LogP contribution >= 0.6 is 0 Å². The lowest BCUT2D eigenvalue weighted by Gasteiger charge is -2.18. The third-order valence-electron chi connectivity index (χ3n) is 4.40. The van der Waals surface area contributed by atoms with Gasteiger partial charge in [-0.05, 0) is 43.7 Å². The third kappa shape index (κ3) is 7.45. The summed E-state index contributed by atoms with van der Waals surface area (Å²) in [6.07, 6.45) is -0.0912. The number of hydrogen-bond acceptors (Lipinski definition) is 5. The van der Waals surface area contributed by atoms with E-state index >= 15 is 0 Å². The van der Waals surface area contributed by atoms with Crippen molar-refractivity contribution in [1.82, 2.24) is 14.9 Å². The minimum absolute atomic E-state index is 0.0912. The molecule has 2 aromatic carbocycles. The molecule has 2 N–H and O–H groups in total. The predicted molar refractivity (Wildman–Crippen MR) is 123 cm³/mol. The molecule has 9 heteroatoms. The molecule has 0 radical (unpaired) electrons. The minimum atomic E-state index is -3.43. The Morgan fingerprint density at radius 1 is 1.10 bits per heavy atom. The molecule has 0 aliphatic rings. The zero-order valence-electron chi connectivity index (χ0n) is 18.8. The van der Waals surface area contributed by atoms with Crippen molar-refractivity contribution in [2.24, 2.45) is 4.99 Å². The summed E-state index contributed by atoms with van der Waals surface area (Å²) in [7, 11) is 1.22. The Morgan fingerprint density at radius 2 is 1.77 bits per heavy atom. The molecule has 0 fully saturated rings. The van der Waals surface area contributed by atoms with Gasteiger partial charge in [-0.3, -0.25) is 0 Å². The maximum absolute atomic E-state index is 12.2. The van der Waals surface area contributed by atoms with E-state index in [-0.39, 0.29) is 11.0 Å². The Balaban J connectivity index is 1.95. The standard InChI is InChI=1S/C22H32N4O4S/c1-6-23-22(24-15-17(2)30-20-9-7-8-19(14-20)29-5)25-16-18-10-12-21(13-11-18)31(27,28)26(3)4/h7-14,17H,6,15-16H2,1-5H3,(H2,23,24,25). The van der Waals surface area contributed by atoms with Gasteiger partial charge in [-0.15, -0.1) is 0 Å². The monoisotopic (exact) mass is 448 g/mol. The van der Waals surface area contributed by atoms with Gasteiger partial charge in [0.15, 0.2) is 5.96 Å². The normalized spacial score (nSPS) is 13.0. The number of nitrogens with one attached hydrogen (secondary N) is 2. The van der Waals surface area contributed by atoms with Crippen LogP contribution < -0.4 is 20.1 Å². The highest BCUT2D eigenvalue weighted by atomic mass is 32.2. The smallest absolute Gasteiger partial charge is 0.242 e. The van der Waals surface area contributed by atoms with E-state index in [0.717, 1.165) is 23.6 Å². The van der Waals surface area contributed by atoms with E-state index < -0.39 is 10.0 Å². The fourth-order valence-electron chi connectivity index (χ4n) is 2.68. The lowest BCUT2D eigenvalue weighted by Crippen LogP contribution is -2.41. The molecule has 0 saturated carbocycles. The molecule has 0 saturated heterocycles. The summed E-state index contributed by atoms with van der Waals surface area (Å²) in [5, 5.41) is 6.47. The van der Waals surface area contributed by atoms with E-state index in [1.807, 2.05) is 38.1 Å². The van der Waals surface area contributed by atoms with Crippen molar-refractivity contribution in [3.8, 4) is 11.5 Å². The van der Waals surface area contributed by atoms with Crippen LogP contribution in [0, 0.1) is 0 Å². The number of methoxy groups -OCH3 is 1. The van der Waals surface area contributed by atoms with Gasteiger partial charge in [0, 0.05) is 26.7 Å². The van der Waals surface area contributed by atoms with E-state index in [1.54, 1.807) is 31.4 Å². The van der Waals surface area contributed by atoms with E-state index in [1.165, 1.54) is 18.4 Å². The summed E-state index contributed by atoms with van der Waals surface area (Å²) in [5.74, 6) is 2.15. The van der Waals surface area contributed by atoms with Gasteiger partial charge in [0.1, 0.15) is 17.6 Å². The average Bonchev–Trinajstić information content (AvgIpc) is 2.76. The molecular formula is C22H32N4O4S. The highest BCUT2D eigenvalue weighted by Gasteiger charge is 2.16. The van der Waals surface area contributed by atoms with E-state index in [2.05, 4.69) is 15.6 Å². The minimum Gasteiger partial charge on any atom is -0.497 e. The Bertz CT molecular complexity index is 960. The van der Waals surface area contributed by atoms with Crippen LogP contribution in [0.2, 0.25) is 0 Å². The molecule has 0 aromatic heterocycles. The Kier molecular flexibility index (Phi) is 9.14. The summed E-state index contributed by atoms with van der Waals surface area (Å²) in [4.78, 5) is 4.84. The first-order valence-corrected chi connectivity index (χ1v) is 11.5. The molecule has 2 rings (SSSR count).